The molecule has 0 saturated carbocycles. The SMILES string of the molecule is COc1ccc(C(CNC(=O)c2cccc(NC(=O)c3cccs3)c2)N2CCCCC2)cc1. The van der Waals surface area contributed by atoms with Gasteiger partial charge in [-0.05, 0) is 73.3 Å². The number of nitrogens with zero attached hydrogens (tertiary/aromatic N) is 1. The van der Waals surface area contributed by atoms with Gasteiger partial charge in [-0.3, -0.25) is 14.5 Å². The van der Waals surface area contributed by atoms with Crippen molar-refractivity contribution in [3.05, 3.63) is 82.0 Å². The Kier molecular flexibility index (Phi) is 7.75. The zero-order chi connectivity index (χ0) is 23.0. The van der Waals surface area contributed by atoms with E-state index in [-0.39, 0.29) is 17.9 Å². The van der Waals surface area contributed by atoms with E-state index >= 15 is 0 Å². The van der Waals surface area contributed by atoms with Gasteiger partial charge in [0.1, 0.15) is 5.75 Å². The van der Waals surface area contributed by atoms with Crippen molar-refractivity contribution in [2.75, 3.05) is 32.1 Å². The Bertz CT molecular complexity index is 1060. The van der Waals surface area contributed by atoms with Gasteiger partial charge < -0.3 is 15.4 Å². The number of carbonyl (C=O) groups is 2. The van der Waals surface area contributed by atoms with Crippen LogP contribution in [0.3, 0.4) is 0 Å². The van der Waals surface area contributed by atoms with Crippen molar-refractivity contribution < 1.29 is 14.3 Å². The van der Waals surface area contributed by atoms with Gasteiger partial charge in [-0.15, -0.1) is 11.3 Å². The van der Waals surface area contributed by atoms with Crippen molar-refractivity contribution in [2.45, 2.75) is 25.3 Å². The summed E-state index contributed by atoms with van der Waals surface area (Å²) in [6.07, 6.45) is 3.60. The molecule has 1 aliphatic rings. The molecule has 7 heteroatoms. The lowest BCUT2D eigenvalue weighted by Crippen LogP contribution is -2.40. The Morgan fingerprint density at radius 1 is 1.00 bits per heavy atom. The summed E-state index contributed by atoms with van der Waals surface area (Å²) in [4.78, 5) is 28.4. The summed E-state index contributed by atoms with van der Waals surface area (Å²) in [6, 6.07) is 18.8. The smallest absolute Gasteiger partial charge is 0.265 e. The molecule has 6 nitrogen and oxygen atoms in total. The van der Waals surface area contributed by atoms with Gasteiger partial charge in [0.05, 0.1) is 18.0 Å². The molecule has 3 aromatic rings. The first-order chi connectivity index (χ1) is 16.1. The number of amides is 2. The number of carbonyl (C=O) groups excluding carboxylic acids is 2. The van der Waals surface area contributed by atoms with E-state index in [1.807, 2.05) is 23.6 Å². The second-order valence-corrected chi connectivity index (χ2v) is 9.06. The van der Waals surface area contributed by atoms with Gasteiger partial charge in [0.15, 0.2) is 0 Å². The Balaban J connectivity index is 1.43. The van der Waals surface area contributed by atoms with Crippen LogP contribution >= 0.6 is 11.3 Å². The molecule has 1 saturated heterocycles. The minimum Gasteiger partial charge on any atom is -0.497 e. The van der Waals surface area contributed by atoms with E-state index in [1.54, 1.807) is 37.4 Å². The van der Waals surface area contributed by atoms with Gasteiger partial charge in [-0.2, -0.15) is 0 Å². The van der Waals surface area contributed by atoms with Gasteiger partial charge >= 0.3 is 0 Å². The topological polar surface area (TPSA) is 70.7 Å². The van der Waals surface area contributed by atoms with Crippen molar-refractivity contribution in [3.63, 3.8) is 0 Å². The predicted molar refractivity (Wildman–Crippen MR) is 132 cm³/mol. The highest BCUT2D eigenvalue weighted by atomic mass is 32.1. The number of benzene rings is 2. The number of thiophene rings is 1. The summed E-state index contributed by atoms with van der Waals surface area (Å²) >= 11 is 1.38. The molecule has 1 aromatic heterocycles. The molecule has 33 heavy (non-hydrogen) atoms. The zero-order valence-electron chi connectivity index (χ0n) is 18.8. The second-order valence-electron chi connectivity index (χ2n) is 8.11. The number of rotatable bonds is 8. The lowest BCUT2D eigenvalue weighted by atomic mass is 10.0. The quantitative estimate of drug-likeness (QED) is 0.495. The summed E-state index contributed by atoms with van der Waals surface area (Å²) in [5.41, 5.74) is 2.28. The number of likely N-dealkylation sites (tertiary alicyclic amines) is 1. The maximum atomic E-state index is 13.0. The van der Waals surface area contributed by atoms with Crippen molar-refractivity contribution in [1.29, 1.82) is 0 Å². The molecule has 2 aromatic carbocycles. The van der Waals surface area contributed by atoms with Crippen molar-refractivity contribution in [2.24, 2.45) is 0 Å². The molecular formula is C26H29N3O3S. The number of ether oxygens (including phenoxy) is 1. The highest BCUT2D eigenvalue weighted by molar-refractivity contribution is 7.12. The molecule has 2 N–H and O–H groups in total. The van der Waals surface area contributed by atoms with Crippen molar-refractivity contribution in [1.82, 2.24) is 10.2 Å². The van der Waals surface area contributed by atoms with Gasteiger partial charge in [0.2, 0.25) is 0 Å². The number of hydrogen-bond donors (Lipinski definition) is 2. The normalized spacial score (nSPS) is 14.9. The standard InChI is InChI=1S/C26H29N3O3S/c1-32-22-12-10-19(11-13-22)23(29-14-3-2-4-15-29)18-27-25(30)20-7-5-8-21(17-20)28-26(31)24-9-6-16-33-24/h5-13,16-17,23H,2-4,14-15,18H2,1H3,(H,27,30)(H,28,31). The average Bonchev–Trinajstić information content (AvgIpc) is 3.41. The molecule has 0 aliphatic carbocycles. The Morgan fingerprint density at radius 3 is 2.48 bits per heavy atom. The van der Waals surface area contributed by atoms with Gasteiger partial charge in [-0.1, -0.05) is 30.7 Å². The summed E-state index contributed by atoms with van der Waals surface area (Å²) in [5.74, 6) is 0.492. The summed E-state index contributed by atoms with van der Waals surface area (Å²) < 4.78 is 5.30. The van der Waals surface area contributed by atoms with Gasteiger partial charge in [0.25, 0.3) is 11.8 Å². The first-order valence-electron chi connectivity index (χ1n) is 11.2. The Hall–Kier alpha value is -3.16. The lowest BCUT2D eigenvalue weighted by Gasteiger charge is -2.35. The molecule has 2 amide bonds. The highest BCUT2D eigenvalue weighted by Crippen LogP contribution is 2.26. The first-order valence-corrected chi connectivity index (χ1v) is 12.1. The maximum absolute atomic E-state index is 13.0. The van der Waals surface area contributed by atoms with Crippen LogP contribution in [0.1, 0.15) is 50.9 Å². The number of piperidine rings is 1. The van der Waals surface area contributed by atoms with Crippen LogP contribution < -0.4 is 15.4 Å². The maximum Gasteiger partial charge on any atom is 0.265 e. The lowest BCUT2D eigenvalue weighted by molar-refractivity contribution is 0.0923. The largest absolute Gasteiger partial charge is 0.497 e. The average molecular weight is 464 g/mol. The molecule has 4 rings (SSSR count). The summed E-state index contributed by atoms with van der Waals surface area (Å²) in [6.45, 7) is 2.56. The van der Waals surface area contributed by atoms with E-state index in [1.165, 1.54) is 30.6 Å². The van der Waals surface area contributed by atoms with Crippen LogP contribution in [0.25, 0.3) is 0 Å². The zero-order valence-corrected chi connectivity index (χ0v) is 19.6. The van der Waals surface area contributed by atoms with E-state index in [4.69, 9.17) is 4.74 Å². The monoisotopic (exact) mass is 463 g/mol. The van der Waals surface area contributed by atoms with Crippen LogP contribution in [0, 0.1) is 0 Å². The fourth-order valence-electron chi connectivity index (χ4n) is 4.14. The first kappa shape index (κ1) is 23.0. The molecule has 0 spiro atoms. The third kappa shape index (κ3) is 6.00. The third-order valence-electron chi connectivity index (χ3n) is 5.92. The number of nitrogens with one attached hydrogen (secondary N) is 2. The molecule has 2 heterocycles. The minimum atomic E-state index is -0.174. The molecule has 1 fully saturated rings. The molecule has 1 aliphatic heterocycles. The number of hydrogen-bond acceptors (Lipinski definition) is 5. The number of methoxy groups -OCH3 is 1. The van der Waals surface area contributed by atoms with Crippen molar-refractivity contribution >= 4 is 28.8 Å². The Morgan fingerprint density at radius 2 is 1.79 bits per heavy atom. The highest BCUT2D eigenvalue weighted by Gasteiger charge is 2.23. The van der Waals surface area contributed by atoms with Crippen LogP contribution in [0.15, 0.2) is 66.0 Å². The molecule has 172 valence electrons. The van der Waals surface area contributed by atoms with Crippen LogP contribution in [0.5, 0.6) is 5.75 Å². The van der Waals surface area contributed by atoms with E-state index in [0.717, 1.165) is 24.4 Å². The van der Waals surface area contributed by atoms with Gasteiger partial charge in [0, 0.05) is 17.8 Å². The molecule has 1 unspecified atom stereocenters. The number of anilines is 1. The fraction of sp³-hybridized carbons (Fsp3) is 0.308. The van der Waals surface area contributed by atoms with E-state index in [0.29, 0.717) is 22.7 Å². The van der Waals surface area contributed by atoms with Crippen molar-refractivity contribution in [3.8, 4) is 5.75 Å². The van der Waals surface area contributed by atoms with Crippen LogP contribution in [0.4, 0.5) is 5.69 Å². The predicted octanol–water partition coefficient (Wildman–Crippen LogP) is 4.97. The van der Waals surface area contributed by atoms with Crippen LogP contribution in [0.2, 0.25) is 0 Å². The molecule has 0 radical (unpaired) electrons. The summed E-state index contributed by atoms with van der Waals surface area (Å²) in [7, 11) is 1.66. The fourth-order valence-corrected chi connectivity index (χ4v) is 4.76. The van der Waals surface area contributed by atoms with Gasteiger partial charge in [-0.25, -0.2) is 0 Å². The van der Waals surface area contributed by atoms with E-state index in [9.17, 15) is 9.59 Å². The van der Waals surface area contributed by atoms with E-state index < -0.39 is 0 Å². The third-order valence-corrected chi connectivity index (χ3v) is 6.78. The summed E-state index contributed by atoms with van der Waals surface area (Å²) in [5, 5.41) is 7.83. The Labute approximate surface area is 198 Å². The second kappa shape index (κ2) is 11.1. The molecule has 1 atom stereocenters. The minimum absolute atomic E-state index is 0.0990. The van der Waals surface area contributed by atoms with Crippen LogP contribution in [-0.2, 0) is 0 Å². The molecule has 0 bridgehead atoms. The van der Waals surface area contributed by atoms with Crippen LogP contribution in [-0.4, -0.2) is 43.5 Å². The molecular weight excluding hydrogens is 434 g/mol. The van der Waals surface area contributed by atoms with E-state index in [2.05, 4.69) is 27.7 Å².